The summed E-state index contributed by atoms with van der Waals surface area (Å²) in [6, 6.07) is 5.12. The molecular weight excluding hydrogens is 215 g/mol. The smallest absolute Gasteiger partial charge is 0.148 e. The van der Waals surface area contributed by atoms with Crippen LogP contribution in [0.3, 0.4) is 0 Å². The highest BCUT2D eigenvalue weighted by atomic mass is 19.1. The lowest BCUT2D eigenvalue weighted by atomic mass is 9.92. The Balaban J connectivity index is 1.98. The fourth-order valence-electron chi connectivity index (χ4n) is 2.60. The molecule has 0 unspecified atom stereocenters. The SMILES string of the molecule is CCCC1CCN(c2ccc(N)c(F)c2)CC1. The maximum Gasteiger partial charge on any atom is 0.148 e. The van der Waals surface area contributed by atoms with Crippen molar-refractivity contribution in [3.05, 3.63) is 24.0 Å². The number of hydrogen-bond acceptors (Lipinski definition) is 2. The zero-order valence-electron chi connectivity index (χ0n) is 10.5. The fourth-order valence-corrected chi connectivity index (χ4v) is 2.60. The second-order valence-corrected chi connectivity index (χ2v) is 4.92. The minimum atomic E-state index is -0.307. The van der Waals surface area contributed by atoms with Gasteiger partial charge < -0.3 is 10.6 Å². The number of nitrogens with zero attached hydrogens (tertiary/aromatic N) is 1. The van der Waals surface area contributed by atoms with Gasteiger partial charge in [0.05, 0.1) is 5.69 Å². The normalized spacial score (nSPS) is 17.4. The Morgan fingerprint density at radius 1 is 1.35 bits per heavy atom. The predicted octanol–water partition coefficient (Wildman–Crippen LogP) is 3.42. The van der Waals surface area contributed by atoms with E-state index in [9.17, 15) is 4.39 Å². The van der Waals surface area contributed by atoms with E-state index in [1.807, 2.05) is 6.07 Å². The Labute approximate surface area is 103 Å². The molecule has 3 heteroatoms. The first-order valence-electron chi connectivity index (χ1n) is 6.50. The van der Waals surface area contributed by atoms with Crippen molar-refractivity contribution in [3.8, 4) is 0 Å². The van der Waals surface area contributed by atoms with E-state index in [0.717, 1.165) is 24.7 Å². The van der Waals surface area contributed by atoms with Gasteiger partial charge in [0.15, 0.2) is 0 Å². The molecule has 1 aromatic carbocycles. The van der Waals surface area contributed by atoms with E-state index in [2.05, 4.69) is 11.8 Å². The molecule has 1 saturated heterocycles. The van der Waals surface area contributed by atoms with Gasteiger partial charge in [-0.15, -0.1) is 0 Å². The fraction of sp³-hybridized carbons (Fsp3) is 0.571. The van der Waals surface area contributed by atoms with E-state index >= 15 is 0 Å². The van der Waals surface area contributed by atoms with E-state index in [-0.39, 0.29) is 11.5 Å². The highest BCUT2D eigenvalue weighted by molar-refractivity contribution is 5.54. The van der Waals surface area contributed by atoms with Crippen LogP contribution in [0, 0.1) is 11.7 Å². The van der Waals surface area contributed by atoms with Gasteiger partial charge in [0.1, 0.15) is 5.82 Å². The van der Waals surface area contributed by atoms with Gasteiger partial charge in [0, 0.05) is 18.8 Å². The van der Waals surface area contributed by atoms with Crippen LogP contribution in [0.15, 0.2) is 18.2 Å². The van der Waals surface area contributed by atoms with Crippen LogP contribution in [0.1, 0.15) is 32.6 Å². The van der Waals surface area contributed by atoms with Crippen LogP contribution >= 0.6 is 0 Å². The number of nitrogens with two attached hydrogens (primary N) is 1. The molecule has 0 atom stereocenters. The largest absolute Gasteiger partial charge is 0.396 e. The van der Waals surface area contributed by atoms with Crippen LogP contribution in [0.2, 0.25) is 0 Å². The number of nitrogen functional groups attached to an aromatic ring is 1. The van der Waals surface area contributed by atoms with Crippen molar-refractivity contribution < 1.29 is 4.39 Å². The van der Waals surface area contributed by atoms with Gasteiger partial charge in [-0.25, -0.2) is 4.39 Å². The summed E-state index contributed by atoms with van der Waals surface area (Å²) in [4.78, 5) is 2.26. The molecule has 1 aliphatic rings. The molecule has 0 aliphatic carbocycles. The van der Waals surface area contributed by atoms with Gasteiger partial charge in [0.2, 0.25) is 0 Å². The Bertz CT molecular complexity index is 370. The highest BCUT2D eigenvalue weighted by Gasteiger charge is 2.19. The van der Waals surface area contributed by atoms with Crippen molar-refractivity contribution in [1.29, 1.82) is 0 Å². The van der Waals surface area contributed by atoms with Crippen molar-refractivity contribution in [1.82, 2.24) is 0 Å². The molecule has 0 bridgehead atoms. The second kappa shape index (κ2) is 5.39. The van der Waals surface area contributed by atoms with E-state index in [1.165, 1.54) is 25.7 Å². The van der Waals surface area contributed by atoms with Crippen LogP contribution in [-0.4, -0.2) is 13.1 Å². The van der Waals surface area contributed by atoms with Crippen molar-refractivity contribution in [2.75, 3.05) is 23.7 Å². The summed E-state index contributed by atoms with van der Waals surface area (Å²) in [6.07, 6.45) is 5.03. The summed E-state index contributed by atoms with van der Waals surface area (Å²) in [5, 5.41) is 0. The molecule has 1 aliphatic heterocycles. The minimum absolute atomic E-state index is 0.231. The van der Waals surface area contributed by atoms with Crippen molar-refractivity contribution in [2.24, 2.45) is 5.92 Å². The van der Waals surface area contributed by atoms with Crippen LogP contribution in [0.25, 0.3) is 0 Å². The standard InChI is InChI=1S/C14H21FN2/c1-2-3-11-6-8-17(9-7-11)12-4-5-14(16)13(15)10-12/h4-5,10-11H,2-3,6-9,16H2,1H3. The van der Waals surface area contributed by atoms with Crippen LogP contribution in [-0.2, 0) is 0 Å². The van der Waals surface area contributed by atoms with Crippen molar-refractivity contribution in [3.63, 3.8) is 0 Å². The number of anilines is 2. The summed E-state index contributed by atoms with van der Waals surface area (Å²) in [5.74, 6) is 0.549. The van der Waals surface area contributed by atoms with Crippen LogP contribution < -0.4 is 10.6 Å². The third kappa shape index (κ3) is 2.90. The summed E-state index contributed by atoms with van der Waals surface area (Å²) in [6.45, 7) is 4.31. The zero-order valence-corrected chi connectivity index (χ0v) is 10.5. The van der Waals surface area contributed by atoms with E-state index < -0.39 is 0 Å². The molecule has 0 saturated carbocycles. The van der Waals surface area contributed by atoms with Crippen LogP contribution in [0.5, 0.6) is 0 Å². The summed E-state index contributed by atoms with van der Waals surface area (Å²) >= 11 is 0. The van der Waals surface area contributed by atoms with Crippen molar-refractivity contribution in [2.45, 2.75) is 32.6 Å². The first-order chi connectivity index (χ1) is 8.20. The average Bonchev–Trinajstić information content (AvgIpc) is 2.34. The molecule has 2 nitrogen and oxygen atoms in total. The maximum atomic E-state index is 13.4. The lowest BCUT2D eigenvalue weighted by Gasteiger charge is -2.33. The van der Waals surface area contributed by atoms with Crippen molar-refractivity contribution >= 4 is 11.4 Å². The maximum absolute atomic E-state index is 13.4. The number of rotatable bonds is 3. The molecular formula is C14H21FN2. The Morgan fingerprint density at radius 2 is 2.06 bits per heavy atom. The molecule has 0 amide bonds. The second-order valence-electron chi connectivity index (χ2n) is 4.92. The molecule has 1 aromatic rings. The molecule has 1 heterocycles. The predicted molar refractivity (Wildman–Crippen MR) is 70.7 cm³/mol. The molecule has 17 heavy (non-hydrogen) atoms. The summed E-state index contributed by atoms with van der Waals surface area (Å²) in [7, 11) is 0. The lowest BCUT2D eigenvalue weighted by Crippen LogP contribution is -2.33. The minimum Gasteiger partial charge on any atom is -0.396 e. The van der Waals surface area contributed by atoms with Gasteiger partial charge in [-0.1, -0.05) is 19.8 Å². The summed E-state index contributed by atoms with van der Waals surface area (Å²) in [5.41, 5.74) is 6.68. The molecule has 0 radical (unpaired) electrons. The van der Waals surface area contributed by atoms with E-state index in [1.54, 1.807) is 12.1 Å². The lowest BCUT2D eigenvalue weighted by molar-refractivity contribution is 0.378. The van der Waals surface area contributed by atoms with Gasteiger partial charge in [-0.05, 0) is 37.0 Å². The number of halogens is 1. The van der Waals surface area contributed by atoms with E-state index in [4.69, 9.17) is 5.73 Å². The quantitative estimate of drug-likeness (QED) is 0.815. The zero-order chi connectivity index (χ0) is 12.3. The molecule has 2 rings (SSSR count). The summed E-state index contributed by atoms with van der Waals surface area (Å²) < 4.78 is 13.4. The molecule has 2 N–H and O–H groups in total. The Morgan fingerprint density at radius 3 is 2.65 bits per heavy atom. The topological polar surface area (TPSA) is 29.3 Å². The third-order valence-electron chi connectivity index (χ3n) is 3.66. The molecule has 94 valence electrons. The average molecular weight is 236 g/mol. The first kappa shape index (κ1) is 12.2. The van der Waals surface area contributed by atoms with Crippen LogP contribution in [0.4, 0.5) is 15.8 Å². The first-order valence-corrected chi connectivity index (χ1v) is 6.50. The van der Waals surface area contributed by atoms with E-state index in [0.29, 0.717) is 0 Å². The molecule has 0 spiro atoms. The molecule has 0 aromatic heterocycles. The van der Waals surface area contributed by atoms with Gasteiger partial charge in [-0.3, -0.25) is 0 Å². The van der Waals surface area contributed by atoms with Gasteiger partial charge in [0.25, 0.3) is 0 Å². The molecule has 1 fully saturated rings. The van der Waals surface area contributed by atoms with Gasteiger partial charge in [-0.2, -0.15) is 0 Å². The third-order valence-corrected chi connectivity index (χ3v) is 3.66. The number of benzene rings is 1. The highest BCUT2D eigenvalue weighted by Crippen LogP contribution is 2.27. The monoisotopic (exact) mass is 236 g/mol. The van der Waals surface area contributed by atoms with Gasteiger partial charge >= 0.3 is 0 Å². The Hall–Kier alpha value is -1.25. The number of piperidine rings is 1. The Kier molecular flexibility index (Phi) is 3.87. The number of hydrogen-bond donors (Lipinski definition) is 1.